The number of aromatic nitrogens is 2. The molecule has 0 spiro atoms. The fourth-order valence-electron chi connectivity index (χ4n) is 5.50. The molecule has 0 amide bonds. The van der Waals surface area contributed by atoms with Gasteiger partial charge in [-0.1, -0.05) is 62.4 Å². The maximum absolute atomic E-state index is 14.6. The monoisotopic (exact) mass is 544 g/mol. The van der Waals surface area contributed by atoms with E-state index < -0.39 is 6.23 Å². The summed E-state index contributed by atoms with van der Waals surface area (Å²) in [5.41, 5.74) is 4.61. The van der Waals surface area contributed by atoms with Crippen LogP contribution in [0, 0.1) is 11.7 Å². The van der Waals surface area contributed by atoms with Gasteiger partial charge in [0.2, 0.25) is 5.96 Å². The van der Waals surface area contributed by atoms with Gasteiger partial charge >= 0.3 is 0 Å². The van der Waals surface area contributed by atoms with Gasteiger partial charge in [0.25, 0.3) is 0 Å². The Labute approximate surface area is 231 Å². The zero-order chi connectivity index (χ0) is 27.3. The molecule has 3 aliphatic heterocycles. The molecule has 2 N–H and O–H groups in total. The van der Waals surface area contributed by atoms with Crippen molar-refractivity contribution in [2.45, 2.75) is 39.6 Å². The molecule has 2 aromatic carbocycles. The number of benzene rings is 2. The Bertz CT molecular complexity index is 1490. The molecule has 39 heavy (non-hydrogen) atoms. The summed E-state index contributed by atoms with van der Waals surface area (Å²) in [7, 11) is 2.44. The van der Waals surface area contributed by atoms with E-state index in [0.29, 0.717) is 43.1 Å². The second-order valence-electron chi connectivity index (χ2n) is 10.6. The number of nitrogens with one attached hydrogen (secondary N) is 1. The van der Waals surface area contributed by atoms with Gasteiger partial charge in [-0.3, -0.25) is 4.90 Å². The van der Waals surface area contributed by atoms with Crippen LogP contribution < -0.4 is 15.5 Å². The van der Waals surface area contributed by atoms with Gasteiger partial charge in [-0.05, 0) is 36.1 Å². The summed E-state index contributed by atoms with van der Waals surface area (Å²) in [4.78, 5) is 14.2. The number of allylic oxidation sites excluding steroid dienone is 2. The third-order valence-corrected chi connectivity index (χ3v) is 8.19. The molecular weight excluding hydrogens is 510 g/mol. The van der Waals surface area contributed by atoms with Crippen LogP contribution in [0.4, 0.5) is 10.2 Å². The number of imidazole rings is 1. The summed E-state index contributed by atoms with van der Waals surface area (Å²) < 4.78 is 16.7. The summed E-state index contributed by atoms with van der Waals surface area (Å²) in [6.45, 7) is 8.68. The van der Waals surface area contributed by atoms with Crippen LogP contribution in [0.2, 0.25) is 0 Å². The van der Waals surface area contributed by atoms with Crippen LogP contribution in [0.5, 0.6) is 0 Å². The molecule has 3 aliphatic rings. The van der Waals surface area contributed by atoms with E-state index in [1.165, 1.54) is 0 Å². The number of guanidine groups is 1. The highest BCUT2D eigenvalue weighted by Gasteiger charge is 2.44. The Morgan fingerprint density at radius 2 is 1.95 bits per heavy atom. The van der Waals surface area contributed by atoms with Crippen molar-refractivity contribution in [1.29, 1.82) is 0 Å². The number of fused-ring (bicyclic) bond motifs is 3. The third kappa shape index (κ3) is 4.56. The minimum atomic E-state index is -0.912. The van der Waals surface area contributed by atoms with E-state index in [1.807, 2.05) is 36.1 Å². The Balaban J connectivity index is 1.48. The standard InChI is InChI=1S/C30H34FN6OP/c1-4-35-29(38)26-28(37-17-24(18(2)3)33-30(35)37)36(16-19-10-13-25(39)22(31)14-19)27(34-26)21-11-12-23(32-15-21)20-8-6-5-7-9-20/h5-14,18,24,29,32,38H,4,15-17,39H2,1-3H3. The maximum Gasteiger partial charge on any atom is 0.205 e. The van der Waals surface area contributed by atoms with E-state index in [4.69, 9.17) is 9.98 Å². The van der Waals surface area contributed by atoms with Gasteiger partial charge in [0.15, 0.2) is 6.23 Å². The summed E-state index contributed by atoms with van der Waals surface area (Å²) in [6.07, 6.45) is 3.25. The summed E-state index contributed by atoms with van der Waals surface area (Å²) in [6, 6.07) is 15.6. The van der Waals surface area contributed by atoms with Crippen LogP contribution >= 0.6 is 9.24 Å². The molecule has 4 heterocycles. The lowest BCUT2D eigenvalue weighted by atomic mass is 10.1. The van der Waals surface area contributed by atoms with Crippen molar-refractivity contribution in [2.24, 2.45) is 10.9 Å². The van der Waals surface area contributed by atoms with Gasteiger partial charge in [-0.25, -0.2) is 14.4 Å². The minimum Gasteiger partial charge on any atom is -0.380 e. The predicted molar refractivity (Wildman–Crippen MR) is 158 cm³/mol. The average Bonchev–Trinajstić information content (AvgIpc) is 3.54. The lowest BCUT2D eigenvalue weighted by Crippen LogP contribution is -2.49. The number of aliphatic imine (C=N–C) groups is 1. The van der Waals surface area contributed by atoms with Crippen LogP contribution in [-0.4, -0.2) is 51.2 Å². The molecule has 0 aliphatic carbocycles. The predicted octanol–water partition coefficient (Wildman–Crippen LogP) is 4.13. The van der Waals surface area contributed by atoms with Crippen molar-refractivity contribution in [1.82, 2.24) is 19.8 Å². The first-order valence-corrected chi connectivity index (χ1v) is 14.1. The van der Waals surface area contributed by atoms with Crippen LogP contribution in [0.1, 0.15) is 49.6 Å². The first-order chi connectivity index (χ1) is 18.9. The van der Waals surface area contributed by atoms with E-state index in [2.05, 4.69) is 62.2 Å². The Morgan fingerprint density at radius 1 is 1.15 bits per heavy atom. The lowest BCUT2D eigenvalue weighted by Gasteiger charge is -2.38. The van der Waals surface area contributed by atoms with Crippen LogP contribution in [0.25, 0.3) is 11.3 Å². The molecule has 0 radical (unpaired) electrons. The SMILES string of the molecule is CCN1C2=NC(C(C)C)CN2c2c(nc(C3=CC=C(c4ccccc4)NC3)n2Cc2ccc(P)c(F)c2)C1O. The highest BCUT2D eigenvalue weighted by Crippen LogP contribution is 2.41. The topological polar surface area (TPSA) is 68.9 Å². The molecule has 0 saturated heterocycles. The quantitative estimate of drug-likeness (QED) is 0.457. The van der Waals surface area contributed by atoms with Crippen LogP contribution in [0.3, 0.4) is 0 Å². The van der Waals surface area contributed by atoms with Gasteiger partial charge in [0, 0.05) is 29.7 Å². The fourth-order valence-corrected chi connectivity index (χ4v) is 5.68. The van der Waals surface area contributed by atoms with E-state index in [0.717, 1.165) is 40.0 Å². The number of rotatable bonds is 6. The number of halogens is 1. The number of nitrogens with zero attached hydrogens (tertiary/aromatic N) is 5. The van der Waals surface area contributed by atoms with Crippen LogP contribution in [-0.2, 0) is 6.54 Å². The van der Waals surface area contributed by atoms with Crippen molar-refractivity contribution >= 4 is 37.6 Å². The smallest absolute Gasteiger partial charge is 0.205 e. The number of hydrogen-bond acceptors (Lipinski definition) is 6. The van der Waals surface area contributed by atoms with Crippen LogP contribution in [0.15, 0.2) is 65.7 Å². The molecular formula is C30H34FN6OP. The first kappa shape index (κ1) is 25.8. The summed E-state index contributed by atoms with van der Waals surface area (Å²) >= 11 is 0. The molecule has 6 rings (SSSR count). The number of dihydropyridines is 1. The number of anilines is 1. The van der Waals surface area contributed by atoms with E-state index in [1.54, 1.807) is 12.1 Å². The van der Waals surface area contributed by atoms with Crippen molar-refractivity contribution in [3.8, 4) is 0 Å². The lowest BCUT2D eigenvalue weighted by molar-refractivity contribution is 0.0481. The first-order valence-electron chi connectivity index (χ1n) is 13.5. The normalized spacial score (nSPS) is 20.3. The van der Waals surface area contributed by atoms with E-state index in [-0.39, 0.29) is 11.9 Å². The van der Waals surface area contributed by atoms with Gasteiger partial charge < -0.3 is 19.9 Å². The molecule has 202 valence electrons. The maximum atomic E-state index is 14.6. The average molecular weight is 545 g/mol. The number of aliphatic hydroxyl groups excluding tert-OH is 1. The zero-order valence-corrected chi connectivity index (χ0v) is 23.6. The highest BCUT2D eigenvalue weighted by molar-refractivity contribution is 7.27. The van der Waals surface area contributed by atoms with Gasteiger partial charge in [0.1, 0.15) is 23.2 Å². The van der Waals surface area contributed by atoms with Gasteiger partial charge in [0.05, 0.1) is 19.1 Å². The zero-order valence-electron chi connectivity index (χ0n) is 22.5. The second kappa shape index (κ2) is 10.2. The number of aliphatic hydroxyl groups is 1. The van der Waals surface area contributed by atoms with E-state index >= 15 is 0 Å². The minimum absolute atomic E-state index is 0.111. The van der Waals surface area contributed by atoms with E-state index in [9.17, 15) is 9.50 Å². The van der Waals surface area contributed by atoms with Crippen molar-refractivity contribution in [3.05, 3.63) is 89.1 Å². The number of hydrogen-bond donors (Lipinski definition) is 2. The van der Waals surface area contributed by atoms with Crippen molar-refractivity contribution < 1.29 is 9.50 Å². The Morgan fingerprint density at radius 3 is 2.62 bits per heavy atom. The Hall–Kier alpha value is -3.48. The molecule has 9 heteroatoms. The summed E-state index contributed by atoms with van der Waals surface area (Å²) in [5.74, 6) is 2.46. The molecule has 7 nitrogen and oxygen atoms in total. The molecule has 1 aromatic heterocycles. The molecule has 0 bridgehead atoms. The molecule has 3 aromatic rings. The molecule has 0 saturated carbocycles. The molecule has 3 atom stereocenters. The molecule has 0 fully saturated rings. The van der Waals surface area contributed by atoms with Gasteiger partial charge in [-0.2, -0.15) is 0 Å². The largest absolute Gasteiger partial charge is 0.380 e. The highest BCUT2D eigenvalue weighted by atomic mass is 31.0. The second-order valence-corrected chi connectivity index (χ2v) is 11.2. The van der Waals surface area contributed by atoms with Gasteiger partial charge in [-0.15, -0.1) is 9.24 Å². The summed E-state index contributed by atoms with van der Waals surface area (Å²) in [5, 5.41) is 15.6. The Kier molecular flexibility index (Phi) is 6.77. The third-order valence-electron chi connectivity index (χ3n) is 7.72. The fraction of sp³-hybridized carbons (Fsp3) is 0.333. The van der Waals surface area contributed by atoms with Crippen molar-refractivity contribution in [3.63, 3.8) is 0 Å². The van der Waals surface area contributed by atoms with Crippen molar-refractivity contribution in [2.75, 3.05) is 24.5 Å². The molecule has 3 unspecified atom stereocenters.